The molecule has 0 spiro atoms. The van der Waals surface area contributed by atoms with E-state index in [0.29, 0.717) is 43.5 Å². The molecule has 0 aliphatic carbocycles. The largest absolute Gasteiger partial charge is 0.378 e. The van der Waals surface area contributed by atoms with Crippen LogP contribution in [0.2, 0.25) is 0 Å². The van der Waals surface area contributed by atoms with Crippen molar-refractivity contribution in [2.24, 2.45) is 0 Å². The predicted octanol–water partition coefficient (Wildman–Crippen LogP) is 2.52. The molecule has 164 valence electrons. The summed E-state index contributed by atoms with van der Waals surface area (Å²) in [4.78, 5) is 17.0. The van der Waals surface area contributed by atoms with Gasteiger partial charge in [0.25, 0.3) is 5.92 Å². The van der Waals surface area contributed by atoms with E-state index < -0.39 is 12.3 Å². The standard InChI is InChI=1S/C21H25F2N7O/c1-14-13-24-15(2)20-26-18(27-30(14)20)12-21(22,23)17-10-16(28-6-8-31-9-7-28)11-19(25-17)29-4-3-5-29/h10-11,13H,3-9,12H2,1-2H3. The molecule has 0 radical (unpaired) electrons. The number of aryl methyl sites for hydroxylation is 2. The third kappa shape index (κ3) is 3.80. The maximum absolute atomic E-state index is 15.5. The Morgan fingerprint density at radius 2 is 1.81 bits per heavy atom. The number of pyridine rings is 1. The van der Waals surface area contributed by atoms with E-state index in [2.05, 4.69) is 25.0 Å². The summed E-state index contributed by atoms with van der Waals surface area (Å²) in [5.41, 5.74) is 2.41. The van der Waals surface area contributed by atoms with Crippen LogP contribution in [-0.2, 0) is 17.1 Å². The van der Waals surface area contributed by atoms with Gasteiger partial charge < -0.3 is 14.5 Å². The van der Waals surface area contributed by atoms with E-state index in [4.69, 9.17) is 4.74 Å². The van der Waals surface area contributed by atoms with Gasteiger partial charge in [-0.2, -0.15) is 13.9 Å². The molecule has 10 heteroatoms. The number of rotatable bonds is 5. The van der Waals surface area contributed by atoms with Crippen molar-refractivity contribution in [1.29, 1.82) is 0 Å². The van der Waals surface area contributed by atoms with Crippen LogP contribution in [0.3, 0.4) is 0 Å². The smallest absolute Gasteiger partial charge is 0.296 e. The molecule has 3 aromatic heterocycles. The van der Waals surface area contributed by atoms with Crippen LogP contribution in [0.1, 0.15) is 29.3 Å². The second-order valence-corrected chi connectivity index (χ2v) is 8.14. The van der Waals surface area contributed by atoms with Crippen molar-refractivity contribution in [3.8, 4) is 0 Å². The van der Waals surface area contributed by atoms with Crippen LogP contribution >= 0.6 is 0 Å². The molecule has 3 aromatic rings. The van der Waals surface area contributed by atoms with Crippen LogP contribution in [0.4, 0.5) is 20.3 Å². The Labute approximate surface area is 178 Å². The molecule has 0 N–H and O–H groups in total. The van der Waals surface area contributed by atoms with E-state index in [1.54, 1.807) is 17.6 Å². The van der Waals surface area contributed by atoms with E-state index in [-0.39, 0.29) is 11.5 Å². The zero-order valence-electron chi connectivity index (χ0n) is 17.7. The minimum Gasteiger partial charge on any atom is -0.378 e. The van der Waals surface area contributed by atoms with Crippen molar-refractivity contribution in [3.63, 3.8) is 0 Å². The highest BCUT2D eigenvalue weighted by Crippen LogP contribution is 2.35. The summed E-state index contributed by atoms with van der Waals surface area (Å²) >= 11 is 0. The fraction of sp³-hybridized carbons (Fsp3) is 0.524. The van der Waals surface area contributed by atoms with Crippen molar-refractivity contribution in [2.75, 3.05) is 49.2 Å². The molecular formula is C21H25F2N7O. The maximum Gasteiger partial charge on any atom is 0.296 e. The first-order chi connectivity index (χ1) is 14.9. The molecule has 8 nitrogen and oxygen atoms in total. The predicted molar refractivity (Wildman–Crippen MR) is 112 cm³/mol. The molecule has 5 heterocycles. The van der Waals surface area contributed by atoms with Crippen molar-refractivity contribution >= 4 is 17.2 Å². The second kappa shape index (κ2) is 7.67. The average molecular weight is 429 g/mol. The summed E-state index contributed by atoms with van der Waals surface area (Å²) in [6.45, 7) is 7.81. The van der Waals surface area contributed by atoms with Gasteiger partial charge in [0.2, 0.25) is 0 Å². The van der Waals surface area contributed by atoms with E-state index >= 15 is 8.78 Å². The molecule has 2 aliphatic rings. The van der Waals surface area contributed by atoms with Crippen LogP contribution in [0.25, 0.3) is 5.65 Å². The molecular weight excluding hydrogens is 404 g/mol. The van der Waals surface area contributed by atoms with Gasteiger partial charge in [0, 0.05) is 44.1 Å². The Morgan fingerprint density at radius 3 is 2.48 bits per heavy atom. The average Bonchev–Trinajstić information content (AvgIpc) is 3.14. The first kappa shape index (κ1) is 20.0. The number of alkyl halides is 2. The number of aromatic nitrogens is 5. The van der Waals surface area contributed by atoms with Crippen LogP contribution in [0.5, 0.6) is 0 Å². The number of nitrogens with zero attached hydrogens (tertiary/aromatic N) is 7. The number of morpholine rings is 1. The molecule has 0 aromatic carbocycles. The van der Waals surface area contributed by atoms with E-state index in [1.807, 2.05) is 17.9 Å². The summed E-state index contributed by atoms with van der Waals surface area (Å²) in [6.07, 6.45) is 2.09. The van der Waals surface area contributed by atoms with Crippen molar-refractivity contribution in [3.05, 3.63) is 41.2 Å². The Bertz CT molecular complexity index is 1070. The van der Waals surface area contributed by atoms with Crippen LogP contribution < -0.4 is 9.80 Å². The lowest BCUT2D eigenvalue weighted by Gasteiger charge is -2.35. The zero-order valence-corrected chi connectivity index (χ0v) is 17.7. The quantitative estimate of drug-likeness (QED) is 0.617. The highest BCUT2D eigenvalue weighted by atomic mass is 19.3. The molecule has 5 rings (SSSR count). The van der Waals surface area contributed by atoms with E-state index in [0.717, 1.165) is 30.9 Å². The fourth-order valence-corrected chi connectivity index (χ4v) is 3.90. The monoisotopic (exact) mass is 429 g/mol. The lowest BCUT2D eigenvalue weighted by atomic mass is 10.1. The number of halogens is 2. The number of fused-ring (bicyclic) bond motifs is 1. The Hall–Kier alpha value is -2.88. The Balaban J connectivity index is 1.50. The Kier molecular flexibility index (Phi) is 4.96. The first-order valence-electron chi connectivity index (χ1n) is 10.6. The minimum atomic E-state index is -3.21. The first-order valence-corrected chi connectivity index (χ1v) is 10.6. The maximum atomic E-state index is 15.5. The normalized spacial score (nSPS) is 17.3. The van der Waals surface area contributed by atoms with Gasteiger partial charge in [-0.05, 0) is 26.3 Å². The summed E-state index contributed by atoms with van der Waals surface area (Å²) in [7, 11) is 0. The molecule has 0 unspecified atom stereocenters. The fourth-order valence-electron chi connectivity index (χ4n) is 3.90. The molecule has 0 saturated carbocycles. The van der Waals surface area contributed by atoms with Gasteiger partial charge in [-0.3, -0.25) is 4.98 Å². The molecule has 2 fully saturated rings. The van der Waals surface area contributed by atoms with Gasteiger partial charge in [0.1, 0.15) is 11.5 Å². The lowest BCUT2D eigenvalue weighted by Crippen LogP contribution is -2.39. The highest BCUT2D eigenvalue weighted by Gasteiger charge is 2.37. The molecule has 0 bridgehead atoms. The minimum absolute atomic E-state index is 0.0771. The van der Waals surface area contributed by atoms with Gasteiger partial charge >= 0.3 is 0 Å². The number of ether oxygens (including phenoxy) is 1. The topological polar surface area (TPSA) is 71.7 Å². The molecule has 31 heavy (non-hydrogen) atoms. The summed E-state index contributed by atoms with van der Waals surface area (Å²) in [5.74, 6) is -2.53. The van der Waals surface area contributed by atoms with Crippen LogP contribution in [0, 0.1) is 13.8 Å². The third-order valence-corrected chi connectivity index (χ3v) is 5.86. The van der Waals surface area contributed by atoms with Crippen LogP contribution in [-0.4, -0.2) is 64.0 Å². The van der Waals surface area contributed by atoms with E-state index in [1.165, 1.54) is 6.07 Å². The molecule has 2 saturated heterocycles. The molecule has 2 aliphatic heterocycles. The highest BCUT2D eigenvalue weighted by molar-refractivity contribution is 5.58. The van der Waals surface area contributed by atoms with Crippen LogP contribution in [0.15, 0.2) is 18.3 Å². The number of hydrogen-bond acceptors (Lipinski definition) is 7. The van der Waals surface area contributed by atoms with E-state index in [9.17, 15) is 0 Å². The molecule has 0 atom stereocenters. The lowest BCUT2D eigenvalue weighted by molar-refractivity contribution is -0.0102. The van der Waals surface area contributed by atoms with Crippen molar-refractivity contribution in [1.82, 2.24) is 24.6 Å². The number of anilines is 2. The van der Waals surface area contributed by atoms with Gasteiger partial charge in [0.05, 0.1) is 31.0 Å². The van der Waals surface area contributed by atoms with Crippen molar-refractivity contribution in [2.45, 2.75) is 32.6 Å². The second-order valence-electron chi connectivity index (χ2n) is 8.14. The van der Waals surface area contributed by atoms with Gasteiger partial charge in [-0.1, -0.05) is 0 Å². The third-order valence-electron chi connectivity index (χ3n) is 5.86. The number of hydrogen-bond donors (Lipinski definition) is 0. The van der Waals surface area contributed by atoms with Gasteiger partial charge in [0.15, 0.2) is 11.5 Å². The zero-order chi connectivity index (χ0) is 21.6. The van der Waals surface area contributed by atoms with Gasteiger partial charge in [-0.25, -0.2) is 14.5 Å². The Morgan fingerprint density at radius 1 is 1.03 bits per heavy atom. The summed E-state index contributed by atoms with van der Waals surface area (Å²) < 4.78 is 37.9. The van der Waals surface area contributed by atoms with Gasteiger partial charge in [-0.15, -0.1) is 0 Å². The summed E-state index contributed by atoms with van der Waals surface area (Å²) in [6, 6.07) is 3.41. The summed E-state index contributed by atoms with van der Waals surface area (Å²) in [5, 5.41) is 4.30. The molecule has 0 amide bonds. The SMILES string of the molecule is Cc1ncc(C)n2nc(CC(F)(F)c3cc(N4CCOCC4)cc(N4CCC4)n3)nc12. The van der Waals surface area contributed by atoms with Crippen molar-refractivity contribution < 1.29 is 13.5 Å².